The van der Waals surface area contributed by atoms with Crippen LogP contribution in [0.15, 0.2) is 0 Å². The van der Waals surface area contributed by atoms with Crippen molar-refractivity contribution >= 4 is 5.91 Å². The average Bonchev–Trinajstić information content (AvgIpc) is 2.33. The molecule has 0 aromatic rings. The Balaban J connectivity index is 3.99. The highest BCUT2D eigenvalue weighted by molar-refractivity contribution is 5.78. The van der Waals surface area contributed by atoms with Gasteiger partial charge in [0.25, 0.3) is 0 Å². The highest BCUT2D eigenvalue weighted by Crippen LogP contribution is 2.04. The molecule has 1 amide bonds. The normalized spacial score (nSPS) is 12.8. The molecule has 0 aliphatic carbocycles. The van der Waals surface area contributed by atoms with Crippen molar-refractivity contribution in [2.75, 3.05) is 26.3 Å². The van der Waals surface area contributed by atoms with Gasteiger partial charge in [-0.3, -0.25) is 4.79 Å². The lowest BCUT2D eigenvalue weighted by Gasteiger charge is -2.19. The molecular weight excluding hydrogens is 220 g/mol. The van der Waals surface area contributed by atoms with E-state index in [0.717, 1.165) is 12.8 Å². The van der Waals surface area contributed by atoms with E-state index in [0.29, 0.717) is 26.3 Å². The van der Waals surface area contributed by atoms with Gasteiger partial charge in [-0.15, -0.1) is 0 Å². The van der Waals surface area contributed by atoms with E-state index in [4.69, 9.17) is 15.2 Å². The second kappa shape index (κ2) is 10.5. The molecule has 0 aromatic carbocycles. The Hall–Kier alpha value is -0.650. The molecule has 0 aromatic heterocycles. The fourth-order valence-electron chi connectivity index (χ4n) is 1.57. The predicted molar refractivity (Wildman–Crippen MR) is 67.5 cm³/mol. The third kappa shape index (κ3) is 7.31. The maximum absolute atomic E-state index is 11.8. The van der Waals surface area contributed by atoms with E-state index in [1.807, 2.05) is 20.8 Å². The Bertz CT molecular complexity index is 194. The van der Waals surface area contributed by atoms with Gasteiger partial charge in [0, 0.05) is 19.8 Å². The van der Waals surface area contributed by atoms with Gasteiger partial charge < -0.3 is 20.5 Å². The molecule has 0 bridgehead atoms. The molecule has 0 saturated carbocycles. The van der Waals surface area contributed by atoms with Crippen LogP contribution in [0, 0.1) is 5.92 Å². The summed E-state index contributed by atoms with van der Waals surface area (Å²) in [6.45, 7) is 7.72. The molecule has 0 heterocycles. The van der Waals surface area contributed by atoms with Gasteiger partial charge in [-0.05, 0) is 20.3 Å². The Kier molecular flexibility index (Phi) is 10.1. The first-order valence-corrected chi connectivity index (χ1v) is 6.40. The van der Waals surface area contributed by atoms with E-state index < -0.39 is 0 Å². The molecule has 5 heteroatoms. The first-order valence-electron chi connectivity index (χ1n) is 6.40. The van der Waals surface area contributed by atoms with Gasteiger partial charge in [0.1, 0.15) is 0 Å². The summed E-state index contributed by atoms with van der Waals surface area (Å²) < 4.78 is 10.7. The summed E-state index contributed by atoms with van der Waals surface area (Å²) in [7, 11) is 0. The molecule has 0 fully saturated rings. The fourth-order valence-corrected chi connectivity index (χ4v) is 1.57. The summed E-state index contributed by atoms with van der Waals surface area (Å²) in [6.07, 6.45) is 1.40. The maximum Gasteiger partial charge on any atom is 0.224 e. The van der Waals surface area contributed by atoms with Crippen LogP contribution in [0.1, 0.15) is 33.6 Å². The molecule has 1 atom stereocenters. The molecule has 0 rings (SSSR count). The molecule has 0 aliphatic heterocycles. The number of rotatable bonds is 10. The van der Waals surface area contributed by atoms with E-state index in [-0.39, 0.29) is 18.1 Å². The lowest BCUT2D eigenvalue weighted by Crippen LogP contribution is -2.40. The molecule has 3 N–H and O–H groups in total. The minimum atomic E-state index is -0.367. The largest absolute Gasteiger partial charge is 0.351 e. The minimum absolute atomic E-state index is 0.0150. The lowest BCUT2D eigenvalue weighted by atomic mass is 10.0. The van der Waals surface area contributed by atoms with E-state index in [9.17, 15) is 4.79 Å². The molecule has 1 unspecified atom stereocenters. The number of amides is 1. The van der Waals surface area contributed by atoms with Crippen LogP contribution in [0.4, 0.5) is 0 Å². The third-order valence-corrected chi connectivity index (χ3v) is 2.44. The van der Waals surface area contributed by atoms with Gasteiger partial charge in [-0.1, -0.05) is 13.3 Å². The van der Waals surface area contributed by atoms with Gasteiger partial charge in [0.15, 0.2) is 6.29 Å². The number of carbonyl (C=O) groups excluding carboxylic acids is 1. The quantitative estimate of drug-likeness (QED) is 0.561. The van der Waals surface area contributed by atoms with Crippen LogP contribution in [-0.2, 0) is 14.3 Å². The van der Waals surface area contributed by atoms with Crippen LogP contribution in [-0.4, -0.2) is 38.5 Å². The second-order valence-electron chi connectivity index (χ2n) is 3.81. The predicted octanol–water partition coefficient (Wildman–Crippen LogP) is 0.877. The van der Waals surface area contributed by atoms with Gasteiger partial charge in [-0.25, -0.2) is 0 Å². The lowest BCUT2D eigenvalue weighted by molar-refractivity contribution is -0.142. The summed E-state index contributed by atoms with van der Waals surface area (Å²) in [4.78, 5) is 11.8. The maximum atomic E-state index is 11.8. The molecule has 5 nitrogen and oxygen atoms in total. The van der Waals surface area contributed by atoms with E-state index >= 15 is 0 Å². The second-order valence-corrected chi connectivity index (χ2v) is 3.81. The number of carbonyl (C=O) groups is 1. The SMILES string of the molecule is CCCC(CN)C(=O)NCC(OCC)OCC. The van der Waals surface area contributed by atoms with E-state index in [1.54, 1.807) is 0 Å². The van der Waals surface area contributed by atoms with Crippen molar-refractivity contribution in [1.82, 2.24) is 5.32 Å². The number of nitrogens with two attached hydrogens (primary N) is 1. The molecule has 0 saturated heterocycles. The van der Waals surface area contributed by atoms with Crippen LogP contribution >= 0.6 is 0 Å². The Morgan fingerprint density at radius 2 is 1.82 bits per heavy atom. The van der Waals surface area contributed by atoms with Crippen molar-refractivity contribution in [2.45, 2.75) is 39.9 Å². The molecule has 0 spiro atoms. The van der Waals surface area contributed by atoms with E-state index in [1.165, 1.54) is 0 Å². The number of hydrogen-bond acceptors (Lipinski definition) is 4. The average molecular weight is 246 g/mol. The van der Waals surface area contributed by atoms with Crippen molar-refractivity contribution in [2.24, 2.45) is 11.7 Å². The fraction of sp³-hybridized carbons (Fsp3) is 0.917. The first kappa shape index (κ1) is 16.4. The number of nitrogens with one attached hydrogen (secondary N) is 1. The number of ether oxygens (including phenoxy) is 2. The van der Waals surface area contributed by atoms with Crippen molar-refractivity contribution < 1.29 is 14.3 Å². The molecule has 17 heavy (non-hydrogen) atoms. The Morgan fingerprint density at radius 3 is 2.24 bits per heavy atom. The highest BCUT2D eigenvalue weighted by Gasteiger charge is 2.17. The summed E-state index contributed by atoms with van der Waals surface area (Å²) in [5, 5.41) is 2.82. The van der Waals surface area contributed by atoms with Crippen molar-refractivity contribution in [3.63, 3.8) is 0 Å². The summed E-state index contributed by atoms with van der Waals surface area (Å²) in [6, 6.07) is 0. The Morgan fingerprint density at radius 1 is 1.24 bits per heavy atom. The van der Waals surface area contributed by atoms with Crippen LogP contribution in [0.3, 0.4) is 0 Å². The van der Waals surface area contributed by atoms with Crippen LogP contribution in [0.5, 0.6) is 0 Å². The Labute approximate surface area is 104 Å². The highest BCUT2D eigenvalue weighted by atomic mass is 16.7. The van der Waals surface area contributed by atoms with Gasteiger partial charge >= 0.3 is 0 Å². The zero-order valence-electron chi connectivity index (χ0n) is 11.2. The van der Waals surface area contributed by atoms with Crippen molar-refractivity contribution in [3.8, 4) is 0 Å². The molecule has 0 aliphatic rings. The molecule has 102 valence electrons. The zero-order chi connectivity index (χ0) is 13.1. The van der Waals surface area contributed by atoms with Gasteiger partial charge in [0.05, 0.1) is 12.5 Å². The monoisotopic (exact) mass is 246 g/mol. The summed E-state index contributed by atoms with van der Waals surface area (Å²) >= 11 is 0. The standard InChI is InChI=1S/C12H26N2O3/c1-4-7-10(8-13)12(15)14-9-11(16-5-2)17-6-3/h10-11H,4-9,13H2,1-3H3,(H,14,15). The smallest absolute Gasteiger partial charge is 0.224 e. The molecule has 0 radical (unpaired) electrons. The molecular formula is C12H26N2O3. The van der Waals surface area contributed by atoms with Crippen LogP contribution in [0.2, 0.25) is 0 Å². The first-order chi connectivity index (χ1) is 8.19. The van der Waals surface area contributed by atoms with Gasteiger partial charge in [0.2, 0.25) is 5.91 Å². The van der Waals surface area contributed by atoms with Gasteiger partial charge in [-0.2, -0.15) is 0 Å². The third-order valence-electron chi connectivity index (χ3n) is 2.44. The zero-order valence-corrected chi connectivity index (χ0v) is 11.2. The van der Waals surface area contributed by atoms with E-state index in [2.05, 4.69) is 5.32 Å². The van der Waals surface area contributed by atoms with Crippen LogP contribution in [0.25, 0.3) is 0 Å². The van der Waals surface area contributed by atoms with Crippen molar-refractivity contribution in [1.29, 1.82) is 0 Å². The van der Waals surface area contributed by atoms with Crippen molar-refractivity contribution in [3.05, 3.63) is 0 Å². The van der Waals surface area contributed by atoms with Crippen LogP contribution < -0.4 is 11.1 Å². The summed E-state index contributed by atoms with van der Waals surface area (Å²) in [5.41, 5.74) is 5.56. The summed E-state index contributed by atoms with van der Waals surface area (Å²) in [5.74, 6) is -0.123. The number of hydrogen-bond donors (Lipinski definition) is 2. The topological polar surface area (TPSA) is 73.6 Å². The minimum Gasteiger partial charge on any atom is -0.351 e.